The fraction of sp³-hybridized carbons (Fsp3) is 1.00. The van der Waals surface area contributed by atoms with E-state index in [0.29, 0.717) is 0 Å². The molecule has 0 aromatic rings. The molecule has 0 amide bonds. The van der Waals surface area contributed by atoms with Crippen LogP contribution in [0.1, 0.15) is 51.4 Å². The molecule has 1 N–H and O–H groups in total. The van der Waals surface area contributed by atoms with Gasteiger partial charge in [0.15, 0.2) is 0 Å². The lowest BCUT2D eigenvalue weighted by atomic mass is 9.90. The highest BCUT2D eigenvalue weighted by molar-refractivity contribution is 4.86. The van der Waals surface area contributed by atoms with Crippen molar-refractivity contribution in [3.05, 3.63) is 0 Å². The average Bonchev–Trinajstić information content (AvgIpc) is 2.99. The molecule has 0 spiro atoms. The number of nitrogens with one attached hydrogen (secondary N) is 1. The van der Waals surface area contributed by atoms with Gasteiger partial charge < -0.3 is 10.2 Å². The van der Waals surface area contributed by atoms with Gasteiger partial charge in [0.2, 0.25) is 0 Å². The zero-order valence-corrected chi connectivity index (χ0v) is 12.0. The Morgan fingerprint density at radius 2 is 1.72 bits per heavy atom. The van der Waals surface area contributed by atoms with Crippen molar-refractivity contribution in [1.29, 1.82) is 0 Å². The van der Waals surface area contributed by atoms with Crippen molar-refractivity contribution in [2.75, 3.05) is 26.7 Å². The molecule has 1 heterocycles. The molecule has 2 aliphatic carbocycles. The van der Waals surface area contributed by atoms with Crippen molar-refractivity contribution in [1.82, 2.24) is 10.2 Å². The van der Waals surface area contributed by atoms with Crippen LogP contribution in [0, 0.1) is 17.8 Å². The maximum Gasteiger partial charge on any atom is 0.0198 e. The topological polar surface area (TPSA) is 15.3 Å². The Bertz CT molecular complexity index is 254. The van der Waals surface area contributed by atoms with Gasteiger partial charge in [0.05, 0.1) is 0 Å². The van der Waals surface area contributed by atoms with E-state index in [1.807, 2.05) is 0 Å². The van der Waals surface area contributed by atoms with Gasteiger partial charge in [-0.1, -0.05) is 25.7 Å². The number of piperidine rings is 1. The molecule has 1 saturated heterocycles. The number of nitrogens with zero attached hydrogens (tertiary/aromatic N) is 1. The van der Waals surface area contributed by atoms with Crippen LogP contribution in [-0.2, 0) is 0 Å². The van der Waals surface area contributed by atoms with E-state index in [1.54, 1.807) is 0 Å². The summed E-state index contributed by atoms with van der Waals surface area (Å²) in [5.41, 5.74) is 0. The van der Waals surface area contributed by atoms with E-state index in [0.717, 1.165) is 23.8 Å². The molecule has 0 aromatic carbocycles. The maximum atomic E-state index is 3.88. The van der Waals surface area contributed by atoms with Crippen molar-refractivity contribution >= 4 is 0 Å². The Kier molecular flexibility index (Phi) is 4.25. The molecule has 2 saturated carbocycles. The average molecular weight is 250 g/mol. The first-order valence-corrected chi connectivity index (χ1v) is 8.21. The van der Waals surface area contributed by atoms with Crippen molar-refractivity contribution in [3.8, 4) is 0 Å². The van der Waals surface area contributed by atoms with Crippen molar-refractivity contribution in [3.63, 3.8) is 0 Å². The van der Waals surface area contributed by atoms with Crippen LogP contribution in [-0.4, -0.2) is 37.6 Å². The summed E-state index contributed by atoms with van der Waals surface area (Å²) >= 11 is 0. The lowest BCUT2D eigenvalue weighted by molar-refractivity contribution is 0.156. The van der Waals surface area contributed by atoms with Crippen molar-refractivity contribution < 1.29 is 0 Å². The Morgan fingerprint density at radius 3 is 2.44 bits per heavy atom. The van der Waals surface area contributed by atoms with E-state index in [1.165, 1.54) is 71.0 Å². The maximum absolute atomic E-state index is 3.88. The summed E-state index contributed by atoms with van der Waals surface area (Å²) in [7, 11) is 2.31. The Hall–Kier alpha value is -0.0800. The molecule has 2 unspecified atom stereocenters. The molecular formula is C16H30N2. The van der Waals surface area contributed by atoms with Crippen LogP contribution in [0.4, 0.5) is 0 Å². The smallest absolute Gasteiger partial charge is 0.0198 e. The van der Waals surface area contributed by atoms with E-state index in [-0.39, 0.29) is 0 Å². The second-order valence-electron chi connectivity index (χ2n) is 7.26. The molecule has 1 aliphatic heterocycles. The molecule has 3 rings (SSSR count). The fourth-order valence-corrected chi connectivity index (χ4v) is 4.13. The Morgan fingerprint density at radius 1 is 0.944 bits per heavy atom. The first-order chi connectivity index (χ1) is 8.79. The standard InChI is InChI=1S/C16H30N2/c1-18-11-15(8-13-6-7-13)9-16(12-18)17-10-14-4-2-3-5-14/h13-17H,2-12H2,1H3. The molecule has 0 radical (unpaired) electrons. The van der Waals surface area contributed by atoms with Gasteiger partial charge in [-0.05, 0) is 57.0 Å². The third-order valence-corrected chi connectivity index (χ3v) is 5.25. The van der Waals surface area contributed by atoms with Gasteiger partial charge in [0, 0.05) is 19.1 Å². The van der Waals surface area contributed by atoms with E-state index >= 15 is 0 Å². The normalized spacial score (nSPS) is 35.2. The molecule has 18 heavy (non-hydrogen) atoms. The predicted molar refractivity (Wildman–Crippen MR) is 76.7 cm³/mol. The summed E-state index contributed by atoms with van der Waals surface area (Å²) in [6.45, 7) is 3.90. The summed E-state index contributed by atoms with van der Waals surface area (Å²) in [5.74, 6) is 3.05. The molecule has 0 bridgehead atoms. The van der Waals surface area contributed by atoms with Crippen LogP contribution in [0.15, 0.2) is 0 Å². The summed E-state index contributed by atoms with van der Waals surface area (Å²) in [5, 5.41) is 3.88. The fourth-order valence-electron chi connectivity index (χ4n) is 4.13. The van der Waals surface area contributed by atoms with Crippen LogP contribution in [0.5, 0.6) is 0 Å². The van der Waals surface area contributed by atoms with Crippen molar-refractivity contribution in [2.24, 2.45) is 17.8 Å². The van der Waals surface area contributed by atoms with E-state index in [9.17, 15) is 0 Å². The molecule has 2 atom stereocenters. The molecular weight excluding hydrogens is 220 g/mol. The van der Waals surface area contributed by atoms with Crippen LogP contribution in [0.25, 0.3) is 0 Å². The number of likely N-dealkylation sites (N-methyl/N-ethyl adjacent to an activating group) is 1. The Balaban J connectivity index is 1.42. The van der Waals surface area contributed by atoms with Gasteiger partial charge in [0.1, 0.15) is 0 Å². The Labute approximate surface area is 113 Å². The first kappa shape index (κ1) is 12.9. The summed E-state index contributed by atoms with van der Waals surface area (Å²) in [6.07, 6.45) is 11.9. The lowest BCUT2D eigenvalue weighted by Gasteiger charge is -2.36. The SMILES string of the molecule is CN1CC(CC2CC2)CC(NCC2CCCC2)C1. The van der Waals surface area contributed by atoms with E-state index in [4.69, 9.17) is 0 Å². The predicted octanol–water partition coefficient (Wildman–Crippen LogP) is 2.89. The minimum absolute atomic E-state index is 0.771. The highest BCUT2D eigenvalue weighted by Crippen LogP contribution is 2.37. The first-order valence-electron chi connectivity index (χ1n) is 8.21. The largest absolute Gasteiger partial charge is 0.312 e. The zero-order chi connectivity index (χ0) is 12.4. The highest BCUT2D eigenvalue weighted by Gasteiger charge is 2.31. The molecule has 104 valence electrons. The van der Waals surface area contributed by atoms with Gasteiger partial charge >= 0.3 is 0 Å². The quantitative estimate of drug-likeness (QED) is 0.807. The van der Waals surface area contributed by atoms with Crippen molar-refractivity contribution in [2.45, 2.75) is 57.4 Å². The van der Waals surface area contributed by atoms with Crippen LogP contribution in [0.2, 0.25) is 0 Å². The van der Waals surface area contributed by atoms with Gasteiger partial charge in [-0.15, -0.1) is 0 Å². The highest BCUT2D eigenvalue weighted by atomic mass is 15.1. The summed E-state index contributed by atoms with van der Waals surface area (Å²) in [4.78, 5) is 2.56. The van der Waals surface area contributed by atoms with Gasteiger partial charge in [-0.3, -0.25) is 0 Å². The monoisotopic (exact) mass is 250 g/mol. The lowest BCUT2D eigenvalue weighted by Crippen LogP contribution is -2.48. The number of rotatable bonds is 5. The summed E-state index contributed by atoms with van der Waals surface area (Å²) in [6, 6.07) is 0.771. The van der Waals surface area contributed by atoms with Crippen LogP contribution < -0.4 is 5.32 Å². The second-order valence-corrected chi connectivity index (χ2v) is 7.26. The minimum atomic E-state index is 0.771. The number of hydrogen-bond donors (Lipinski definition) is 1. The number of likely N-dealkylation sites (tertiary alicyclic amines) is 1. The summed E-state index contributed by atoms with van der Waals surface area (Å²) < 4.78 is 0. The third kappa shape index (κ3) is 3.71. The van der Waals surface area contributed by atoms with E-state index in [2.05, 4.69) is 17.3 Å². The number of hydrogen-bond acceptors (Lipinski definition) is 2. The molecule has 3 aliphatic rings. The van der Waals surface area contributed by atoms with Crippen LogP contribution >= 0.6 is 0 Å². The van der Waals surface area contributed by atoms with E-state index < -0.39 is 0 Å². The molecule has 0 aromatic heterocycles. The van der Waals surface area contributed by atoms with Gasteiger partial charge in [-0.2, -0.15) is 0 Å². The zero-order valence-electron chi connectivity index (χ0n) is 12.0. The molecule has 2 nitrogen and oxygen atoms in total. The van der Waals surface area contributed by atoms with Gasteiger partial charge in [0.25, 0.3) is 0 Å². The third-order valence-electron chi connectivity index (χ3n) is 5.25. The van der Waals surface area contributed by atoms with Gasteiger partial charge in [-0.25, -0.2) is 0 Å². The molecule has 3 fully saturated rings. The molecule has 2 heteroatoms. The minimum Gasteiger partial charge on any atom is -0.312 e. The second kappa shape index (κ2) is 5.92. The van der Waals surface area contributed by atoms with Crippen LogP contribution in [0.3, 0.4) is 0 Å².